The van der Waals surface area contributed by atoms with Crippen LogP contribution in [0, 0.1) is 5.82 Å². The number of halogens is 2. The zero-order valence-corrected chi connectivity index (χ0v) is 9.78. The molecule has 2 aromatic rings. The Bertz CT molecular complexity index is 605. The molecule has 0 aromatic heterocycles. The van der Waals surface area contributed by atoms with Crippen molar-refractivity contribution in [3.05, 3.63) is 52.8 Å². The number of carboxylic acid groups (broad SMARTS) is 1. The van der Waals surface area contributed by atoms with Gasteiger partial charge in [-0.15, -0.1) is 0 Å². The van der Waals surface area contributed by atoms with E-state index in [9.17, 15) is 14.3 Å². The van der Waals surface area contributed by atoms with Crippen molar-refractivity contribution in [2.24, 2.45) is 0 Å². The summed E-state index contributed by atoms with van der Waals surface area (Å²) in [7, 11) is 0. The van der Waals surface area contributed by atoms with Gasteiger partial charge >= 0.3 is 5.97 Å². The molecule has 2 aromatic carbocycles. The predicted octanol–water partition coefficient (Wildman–Crippen LogP) is 3.55. The summed E-state index contributed by atoms with van der Waals surface area (Å²) in [6.07, 6.45) is 0. The van der Waals surface area contributed by atoms with Gasteiger partial charge in [-0.2, -0.15) is 0 Å². The highest BCUT2D eigenvalue weighted by Crippen LogP contribution is 2.28. The molecule has 0 heterocycles. The van der Waals surface area contributed by atoms with Gasteiger partial charge in [-0.05, 0) is 47.5 Å². The highest BCUT2D eigenvalue weighted by molar-refractivity contribution is 6.30. The average molecular weight is 267 g/mol. The summed E-state index contributed by atoms with van der Waals surface area (Å²) in [5.74, 6) is -1.90. The lowest BCUT2D eigenvalue weighted by Crippen LogP contribution is -1.96. The molecule has 0 atom stereocenters. The van der Waals surface area contributed by atoms with Crippen LogP contribution in [0.3, 0.4) is 0 Å². The number of hydrogen-bond acceptors (Lipinski definition) is 2. The van der Waals surface area contributed by atoms with E-state index in [1.54, 1.807) is 0 Å². The van der Waals surface area contributed by atoms with E-state index in [0.717, 1.165) is 12.1 Å². The number of aromatic carboxylic acids is 1. The van der Waals surface area contributed by atoms with E-state index in [0.29, 0.717) is 11.1 Å². The smallest absolute Gasteiger partial charge is 0.335 e. The molecule has 2 N–H and O–H groups in total. The minimum atomic E-state index is -1.17. The topological polar surface area (TPSA) is 57.5 Å². The quantitative estimate of drug-likeness (QED) is 0.874. The summed E-state index contributed by atoms with van der Waals surface area (Å²) in [6, 6.07) is 7.65. The Kier molecular flexibility index (Phi) is 3.21. The van der Waals surface area contributed by atoms with Crippen LogP contribution in [-0.2, 0) is 0 Å². The molecule has 18 heavy (non-hydrogen) atoms. The van der Waals surface area contributed by atoms with E-state index in [1.165, 1.54) is 24.3 Å². The van der Waals surface area contributed by atoms with Gasteiger partial charge < -0.3 is 10.2 Å². The van der Waals surface area contributed by atoms with Crippen LogP contribution in [0.5, 0.6) is 5.75 Å². The van der Waals surface area contributed by atoms with Gasteiger partial charge in [0, 0.05) is 5.02 Å². The van der Waals surface area contributed by atoms with Crippen LogP contribution in [0.4, 0.5) is 4.39 Å². The third kappa shape index (κ3) is 2.60. The third-order valence-electron chi connectivity index (χ3n) is 2.36. The zero-order chi connectivity index (χ0) is 13.3. The first-order chi connectivity index (χ1) is 8.45. The highest BCUT2D eigenvalue weighted by atomic mass is 35.5. The molecule has 92 valence electrons. The lowest BCUT2D eigenvalue weighted by molar-refractivity contribution is 0.0696. The maximum Gasteiger partial charge on any atom is 0.335 e. The molecule has 5 heteroatoms. The molecule has 0 saturated heterocycles. The first-order valence-electron chi connectivity index (χ1n) is 4.99. The minimum absolute atomic E-state index is 0.0783. The molecular weight excluding hydrogens is 259 g/mol. The SMILES string of the molecule is O=C(O)c1cc(O)cc(-c2cc(F)cc(Cl)c2)c1. The van der Waals surface area contributed by atoms with Crippen molar-refractivity contribution in [3.63, 3.8) is 0 Å². The molecule has 0 aliphatic rings. The fourth-order valence-electron chi connectivity index (χ4n) is 1.62. The largest absolute Gasteiger partial charge is 0.508 e. The molecule has 0 radical (unpaired) electrons. The number of benzene rings is 2. The Morgan fingerprint density at radius 1 is 1.06 bits per heavy atom. The molecule has 0 bridgehead atoms. The average Bonchev–Trinajstić information content (AvgIpc) is 2.26. The summed E-state index contributed by atoms with van der Waals surface area (Å²) in [6.45, 7) is 0. The Balaban J connectivity index is 2.59. The molecule has 0 amide bonds. The van der Waals surface area contributed by atoms with E-state index in [2.05, 4.69) is 0 Å². The van der Waals surface area contributed by atoms with E-state index in [-0.39, 0.29) is 16.3 Å². The van der Waals surface area contributed by atoms with Crippen LogP contribution >= 0.6 is 11.6 Å². The molecule has 2 rings (SSSR count). The fourth-order valence-corrected chi connectivity index (χ4v) is 1.84. The Morgan fingerprint density at radius 2 is 1.72 bits per heavy atom. The minimum Gasteiger partial charge on any atom is -0.508 e. The second-order valence-corrected chi connectivity index (χ2v) is 4.17. The maximum absolute atomic E-state index is 13.2. The van der Waals surface area contributed by atoms with Gasteiger partial charge in [0.05, 0.1) is 5.56 Å². The number of phenols is 1. The monoisotopic (exact) mass is 266 g/mol. The van der Waals surface area contributed by atoms with Crippen LogP contribution in [0.15, 0.2) is 36.4 Å². The first kappa shape index (κ1) is 12.4. The van der Waals surface area contributed by atoms with E-state index in [4.69, 9.17) is 16.7 Å². The Morgan fingerprint density at radius 3 is 2.33 bits per heavy atom. The third-order valence-corrected chi connectivity index (χ3v) is 2.58. The normalized spacial score (nSPS) is 10.3. The standard InChI is InChI=1S/C13H8ClFO3/c14-10-2-8(3-11(15)6-10)7-1-9(13(17)18)5-12(16)4-7/h1-6,16H,(H,17,18). The number of phenolic OH excluding ortho intramolecular Hbond substituents is 1. The van der Waals surface area contributed by atoms with E-state index < -0.39 is 11.8 Å². The van der Waals surface area contributed by atoms with Crippen LogP contribution in [0.25, 0.3) is 11.1 Å². The molecule has 0 aliphatic heterocycles. The first-order valence-corrected chi connectivity index (χ1v) is 5.37. The highest BCUT2D eigenvalue weighted by Gasteiger charge is 2.09. The van der Waals surface area contributed by atoms with Crippen LogP contribution in [-0.4, -0.2) is 16.2 Å². The van der Waals surface area contributed by atoms with Crippen LogP contribution in [0.1, 0.15) is 10.4 Å². The number of hydrogen-bond donors (Lipinski definition) is 2. The molecule has 0 aliphatic carbocycles. The number of carboxylic acids is 1. The van der Waals surface area contributed by atoms with Gasteiger partial charge in [-0.25, -0.2) is 9.18 Å². The summed E-state index contributed by atoms with van der Waals surface area (Å²) in [5.41, 5.74) is 0.706. The van der Waals surface area contributed by atoms with Crippen molar-refractivity contribution < 1.29 is 19.4 Å². The Labute approximate surface area is 107 Å². The van der Waals surface area contributed by atoms with Crippen LogP contribution < -0.4 is 0 Å². The summed E-state index contributed by atoms with van der Waals surface area (Å²) >= 11 is 5.72. The van der Waals surface area contributed by atoms with Crippen molar-refractivity contribution >= 4 is 17.6 Å². The second kappa shape index (κ2) is 4.66. The second-order valence-electron chi connectivity index (χ2n) is 3.73. The van der Waals surface area contributed by atoms with E-state index >= 15 is 0 Å². The van der Waals surface area contributed by atoms with Gasteiger partial charge in [0.15, 0.2) is 0 Å². The van der Waals surface area contributed by atoms with Gasteiger partial charge in [0.1, 0.15) is 11.6 Å². The van der Waals surface area contributed by atoms with Gasteiger partial charge in [-0.3, -0.25) is 0 Å². The van der Waals surface area contributed by atoms with Crippen LogP contribution in [0.2, 0.25) is 5.02 Å². The van der Waals surface area contributed by atoms with Crippen molar-refractivity contribution in [2.45, 2.75) is 0 Å². The van der Waals surface area contributed by atoms with Gasteiger partial charge in [-0.1, -0.05) is 11.6 Å². The molecule has 0 fully saturated rings. The molecular formula is C13H8ClFO3. The maximum atomic E-state index is 13.2. The molecule has 0 spiro atoms. The Hall–Kier alpha value is -2.07. The summed E-state index contributed by atoms with van der Waals surface area (Å²) in [4.78, 5) is 10.9. The van der Waals surface area contributed by atoms with Crippen molar-refractivity contribution in [1.29, 1.82) is 0 Å². The zero-order valence-electron chi connectivity index (χ0n) is 9.02. The predicted molar refractivity (Wildman–Crippen MR) is 65.5 cm³/mol. The molecule has 3 nitrogen and oxygen atoms in total. The van der Waals surface area contributed by atoms with E-state index in [1.807, 2.05) is 0 Å². The van der Waals surface area contributed by atoms with Crippen molar-refractivity contribution in [3.8, 4) is 16.9 Å². The number of carbonyl (C=O) groups is 1. The van der Waals surface area contributed by atoms with Crippen molar-refractivity contribution in [2.75, 3.05) is 0 Å². The number of aromatic hydroxyl groups is 1. The molecule has 0 saturated carbocycles. The summed E-state index contributed by atoms with van der Waals surface area (Å²) < 4.78 is 13.2. The van der Waals surface area contributed by atoms with Crippen molar-refractivity contribution in [1.82, 2.24) is 0 Å². The lowest BCUT2D eigenvalue weighted by Gasteiger charge is -2.05. The summed E-state index contributed by atoms with van der Waals surface area (Å²) in [5, 5.41) is 18.5. The fraction of sp³-hybridized carbons (Fsp3) is 0. The van der Waals surface area contributed by atoms with Gasteiger partial charge in [0.25, 0.3) is 0 Å². The molecule has 0 unspecified atom stereocenters. The lowest BCUT2D eigenvalue weighted by atomic mass is 10.0. The number of rotatable bonds is 2. The van der Waals surface area contributed by atoms with Gasteiger partial charge in [0.2, 0.25) is 0 Å².